The molecular weight excluding hydrogens is 277 g/mol. The Kier molecular flexibility index (Phi) is 3.04. The zero-order valence-corrected chi connectivity index (χ0v) is 10.9. The molecule has 1 aromatic carbocycles. The first-order chi connectivity index (χ1) is 8.06. The number of aromatic nitrogens is 1. The van der Waals surface area contributed by atoms with Gasteiger partial charge in [-0.25, -0.2) is 0 Å². The fourth-order valence-electron chi connectivity index (χ4n) is 2.05. The number of phenols is 1. The Morgan fingerprint density at radius 1 is 1.28 bits per heavy atom. The standard InChI is InChI=1S/C12H8FNO2S.ClH/c1-5-2-6(15)3-7-8-4-9(13)17-11(8)12(16)14-10(5)7;/h2-4,15H,1H3,(H,14,16);1H. The number of H-pyrrole nitrogens is 1. The van der Waals surface area contributed by atoms with Crippen LogP contribution in [-0.4, -0.2) is 10.1 Å². The van der Waals surface area contributed by atoms with Gasteiger partial charge in [0, 0.05) is 10.8 Å². The number of thiophene rings is 1. The number of fused-ring (bicyclic) bond motifs is 3. The molecule has 0 aliphatic rings. The molecule has 18 heavy (non-hydrogen) atoms. The van der Waals surface area contributed by atoms with Gasteiger partial charge in [-0.2, -0.15) is 4.39 Å². The SMILES string of the molecule is Cc1cc(O)cc2c1[nH]c(=O)c1sc(F)cc12.Cl. The maximum atomic E-state index is 13.2. The van der Waals surface area contributed by atoms with E-state index in [0.717, 1.165) is 16.9 Å². The number of aromatic amines is 1. The zero-order chi connectivity index (χ0) is 12.2. The third-order valence-electron chi connectivity index (χ3n) is 2.76. The minimum Gasteiger partial charge on any atom is -0.508 e. The van der Waals surface area contributed by atoms with Crippen molar-refractivity contribution in [2.75, 3.05) is 0 Å². The first-order valence-corrected chi connectivity index (χ1v) is 5.82. The first-order valence-electron chi connectivity index (χ1n) is 5.01. The van der Waals surface area contributed by atoms with Crippen molar-refractivity contribution in [2.24, 2.45) is 0 Å². The first kappa shape index (κ1) is 12.9. The third kappa shape index (κ3) is 1.76. The molecule has 6 heteroatoms. The van der Waals surface area contributed by atoms with E-state index in [1.54, 1.807) is 13.0 Å². The van der Waals surface area contributed by atoms with Gasteiger partial charge in [0.15, 0.2) is 5.13 Å². The average Bonchev–Trinajstić information content (AvgIpc) is 2.63. The number of phenolic OH excluding ortho intramolecular Hbond substituents is 1. The van der Waals surface area contributed by atoms with Crippen LogP contribution >= 0.6 is 23.7 Å². The summed E-state index contributed by atoms with van der Waals surface area (Å²) in [7, 11) is 0. The van der Waals surface area contributed by atoms with Gasteiger partial charge in [0.25, 0.3) is 5.56 Å². The van der Waals surface area contributed by atoms with Gasteiger partial charge in [-0.3, -0.25) is 4.79 Å². The Labute approximate surface area is 111 Å². The van der Waals surface area contributed by atoms with E-state index in [2.05, 4.69) is 4.98 Å². The van der Waals surface area contributed by atoms with Crippen LogP contribution in [0.2, 0.25) is 0 Å². The maximum Gasteiger partial charge on any atom is 0.266 e. The molecule has 0 unspecified atom stereocenters. The fourth-order valence-corrected chi connectivity index (χ4v) is 2.84. The highest BCUT2D eigenvalue weighted by Gasteiger charge is 2.11. The van der Waals surface area contributed by atoms with E-state index in [0.29, 0.717) is 21.0 Å². The Balaban J connectivity index is 0.00000120. The quantitative estimate of drug-likeness (QED) is 0.666. The van der Waals surface area contributed by atoms with E-state index in [1.165, 1.54) is 12.1 Å². The average molecular weight is 286 g/mol. The predicted molar refractivity (Wildman–Crippen MR) is 73.6 cm³/mol. The lowest BCUT2D eigenvalue weighted by molar-refractivity contribution is 0.476. The van der Waals surface area contributed by atoms with Crippen LogP contribution in [0.1, 0.15) is 5.56 Å². The highest BCUT2D eigenvalue weighted by atomic mass is 35.5. The second kappa shape index (κ2) is 4.26. The summed E-state index contributed by atoms with van der Waals surface area (Å²) in [5.41, 5.74) is 1.10. The molecule has 3 aromatic rings. The third-order valence-corrected chi connectivity index (χ3v) is 3.68. The highest BCUT2D eigenvalue weighted by molar-refractivity contribution is 7.17. The van der Waals surface area contributed by atoms with E-state index < -0.39 is 5.13 Å². The number of nitrogens with one attached hydrogen (secondary N) is 1. The molecule has 0 bridgehead atoms. The van der Waals surface area contributed by atoms with E-state index in [4.69, 9.17) is 0 Å². The number of rotatable bonds is 0. The van der Waals surface area contributed by atoms with Crippen LogP contribution < -0.4 is 5.56 Å². The number of benzene rings is 1. The Morgan fingerprint density at radius 3 is 2.72 bits per heavy atom. The number of hydrogen-bond donors (Lipinski definition) is 2. The topological polar surface area (TPSA) is 53.1 Å². The molecule has 0 saturated carbocycles. The van der Waals surface area contributed by atoms with Crippen LogP contribution in [0.3, 0.4) is 0 Å². The Morgan fingerprint density at radius 2 is 2.00 bits per heavy atom. The lowest BCUT2D eigenvalue weighted by Gasteiger charge is -2.04. The molecule has 0 radical (unpaired) electrons. The predicted octanol–water partition coefficient (Wildman–Crippen LogP) is 3.32. The molecule has 2 aromatic heterocycles. The van der Waals surface area contributed by atoms with Crippen LogP contribution in [0.5, 0.6) is 5.75 Å². The Bertz CT molecular complexity index is 809. The second-order valence-electron chi connectivity index (χ2n) is 3.93. The number of hydrogen-bond acceptors (Lipinski definition) is 3. The van der Waals surface area contributed by atoms with Gasteiger partial charge in [-0.15, -0.1) is 23.7 Å². The molecule has 3 nitrogen and oxygen atoms in total. The summed E-state index contributed by atoms with van der Waals surface area (Å²) in [6.07, 6.45) is 0. The zero-order valence-electron chi connectivity index (χ0n) is 9.28. The molecular formula is C12H9ClFNO2S. The summed E-state index contributed by atoms with van der Waals surface area (Å²) < 4.78 is 13.6. The normalized spacial score (nSPS) is 10.8. The van der Waals surface area contributed by atoms with Crippen molar-refractivity contribution in [3.8, 4) is 5.75 Å². The lowest BCUT2D eigenvalue weighted by atomic mass is 10.1. The molecule has 3 rings (SSSR count). The monoisotopic (exact) mass is 285 g/mol. The summed E-state index contributed by atoms with van der Waals surface area (Å²) in [4.78, 5) is 14.5. The summed E-state index contributed by atoms with van der Waals surface area (Å²) in [5.74, 6) is 0.106. The van der Waals surface area contributed by atoms with Crippen molar-refractivity contribution in [1.82, 2.24) is 4.98 Å². The van der Waals surface area contributed by atoms with Crippen molar-refractivity contribution in [3.63, 3.8) is 0 Å². The van der Waals surface area contributed by atoms with Crippen LogP contribution in [0, 0.1) is 12.1 Å². The van der Waals surface area contributed by atoms with E-state index in [-0.39, 0.29) is 23.7 Å². The van der Waals surface area contributed by atoms with Crippen molar-refractivity contribution in [1.29, 1.82) is 0 Å². The smallest absolute Gasteiger partial charge is 0.266 e. The molecule has 0 aliphatic carbocycles. The van der Waals surface area contributed by atoms with Gasteiger partial charge >= 0.3 is 0 Å². The lowest BCUT2D eigenvalue weighted by Crippen LogP contribution is -2.04. The van der Waals surface area contributed by atoms with Gasteiger partial charge in [-0.1, -0.05) is 0 Å². The van der Waals surface area contributed by atoms with Gasteiger partial charge in [0.2, 0.25) is 0 Å². The second-order valence-corrected chi connectivity index (χ2v) is 4.94. The molecule has 0 amide bonds. The maximum absolute atomic E-state index is 13.2. The van der Waals surface area contributed by atoms with Gasteiger partial charge in [-0.05, 0) is 30.7 Å². The van der Waals surface area contributed by atoms with Crippen molar-refractivity contribution >= 4 is 44.7 Å². The van der Waals surface area contributed by atoms with Crippen molar-refractivity contribution in [3.05, 3.63) is 39.2 Å². The number of aromatic hydroxyl groups is 1. The van der Waals surface area contributed by atoms with Gasteiger partial charge in [0.05, 0.1) is 5.52 Å². The molecule has 94 valence electrons. The molecule has 0 aliphatic heterocycles. The van der Waals surface area contributed by atoms with Crippen molar-refractivity contribution in [2.45, 2.75) is 6.92 Å². The van der Waals surface area contributed by atoms with E-state index >= 15 is 0 Å². The molecule has 2 N–H and O–H groups in total. The molecule has 0 saturated heterocycles. The van der Waals surface area contributed by atoms with E-state index in [1.807, 2.05) is 0 Å². The molecule has 2 heterocycles. The molecule has 0 fully saturated rings. The number of halogens is 2. The van der Waals surface area contributed by atoms with Gasteiger partial charge in [0.1, 0.15) is 10.4 Å². The van der Waals surface area contributed by atoms with Crippen LogP contribution in [0.25, 0.3) is 21.0 Å². The minimum absolute atomic E-state index is 0. The van der Waals surface area contributed by atoms with Crippen LogP contribution in [0.15, 0.2) is 23.0 Å². The van der Waals surface area contributed by atoms with Gasteiger partial charge < -0.3 is 10.1 Å². The summed E-state index contributed by atoms with van der Waals surface area (Å²) in [6, 6.07) is 4.43. The van der Waals surface area contributed by atoms with Crippen molar-refractivity contribution < 1.29 is 9.50 Å². The number of pyridine rings is 1. The molecule has 0 atom stereocenters. The van der Waals surface area contributed by atoms with Crippen LogP contribution in [0.4, 0.5) is 4.39 Å². The minimum atomic E-state index is -0.404. The number of aryl methyl sites for hydroxylation is 1. The van der Waals surface area contributed by atoms with Crippen LogP contribution in [-0.2, 0) is 0 Å². The Hall–Kier alpha value is -1.59. The fraction of sp³-hybridized carbons (Fsp3) is 0.0833. The summed E-state index contributed by atoms with van der Waals surface area (Å²) in [5, 5.41) is 10.4. The summed E-state index contributed by atoms with van der Waals surface area (Å²) in [6.45, 7) is 1.78. The largest absolute Gasteiger partial charge is 0.508 e. The summed E-state index contributed by atoms with van der Waals surface area (Å²) >= 11 is 0.813. The molecule has 0 spiro atoms. The highest BCUT2D eigenvalue weighted by Crippen LogP contribution is 2.31. The van der Waals surface area contributed by atoms with E-state index in [9.17, 15) is 14.3 Å².